The van der Waals surface area contributed by atoms with Crippen LogP contribution in [-0.2, 0) is 19.4 Å². The van der Waals surface area contributed by atoms with Crippen molar-refractivity contribution in [1.29, 1.82) is 0 Å². The quantitative estimate of drug-likeness (QED) is 0.583. The molecule has 0 bridgehead atoms. The van der Waals surface area contributed by atoms with Gasteiger partial charge in [-0.1, -0.05) is 36.4 Å². The second kappa shape index (κ2) is 9.35. The van der Waals surface area contributed by atoms with Gasteiger partial charge in [0.2, 0.25) is 0 Å². The van der Waals surface area contributed by atoms with E-state index in [1.165, 1.54) is 4.88 Å². The second-order valence-corrected chi connectivity index (χ2v) is 9.09. The van der Waals surface area contributed by atoms with Crippen molar-refractivity contribution in [2.24, 2.45) is 0 Å². The van der Waals surface area contributed by atoms with Crippen LogP contribution in [0.5, 0.6) is 0 Å². The molecule has 0 aliphatic heterocycles. The molecular weight excluding hydrogens is 406 g/mol. The molecule has 2 amide bonds. The molecule has 1 heterocycles. The molecule has 5 nitrogen and oxygen atoms in total. The molecule has 0 unspecified atom stereocenters. The van der Waals surface area contributed by atoms with Gasteiger partial charge in [-0.2, -0.15) is 0 Å². The first-order valence-corrected chi connectivity index (χ1v) is 11.4. The number of nitrogens with one attached hydrogen (secondary N) is 2. The number of benzene rings is 2. The van der Waals surface area contributed by atoms with E-state index >= 15 is 0 Å². The number of amides is 2. The van der Waals surface area contributed by atoms with Crippen LogP contribution < -0.4 is 15.5 Å². The Morgan fingerprint density at radius 2 is 1.74 bits per heavy atom. The van der Waals surface area contributed by atoms with E-state index in [1.807, 2.05) is 67.5 Å². The van der Waals surface area contributed by atoms with Crippen LogP contribution in [0.3, 0.4) is 0 Å². The Balaban J connectivity index is 1.58. The van der Waals surface area contributed by atoms with Gasteiger partial charge in [0, 0.05) is 36.8 Å². The topological polar surface area (TPSA) is 61.4 Å². The maximum absolute atomic E-state index is 13.2. The summed E-state index contributed by atoms with van der Waals surface area (Å²) in [6.07, 6.45) is 4.04. The smallest absolute Gasteiger partial charge is 0.256 e. The minimum atomic E-state index is -0.195. The molecule has 31 heavy (non-hydrogen) atoms. The normalized spacial score (nSPS) is 12.7. The molecule has 0 atom stereocenters. The van der Waals surface area contributed by atoms with Crippen molar-refractivity contribution < 1.29 is 9.59 Å². The van der Waals surface area contributed by atoms with Crippen LogP contribution in [-0.4, -0.2) is 25.9 Å². The molecule has 0 spiro atoms. The highest BCUT2D eigenvalue weighted by molar-refractivity contribution is 7.17. The number of carbonyl (C=O) groups excluding carboxylic acids is 2. The standard InChI is InChI=1S/C25H27N3O2S/c1-28(2)19-12-8-11-18(15-19)23(29)27-25-22(20-13-6-7-14-21(20)31-25)24(30)26-16-17-9-4-3-5-10-17/h3-5,8-12,15H,6-7,13-14,16H2,1-2H3,(H,26,30)(H,27,29). The Morgan fingerprint density at radius 1 is 0.968 bits per heavy atom. The summed E-state index contributed by atoms with van der Waals surface area (Å²) in [6, 6.07) is 17.3. The number of carbonyl (C=O) groups is 2. The Hall–Kier alpha value is -3.12. The van der Waals surface area contributed by atoms with E-state index in [0.29, 0.717) is 22.7 Å². The summed E-state index contributed by atoms with van der Waals surface area (Å²) < 4.78 is 0. The lowest BCUT2D eigenvalue weighted by atomic mass is 9.95. The van der Waals surface area contributed by atoms with E-state index < -0.39 is 0 Å². The molecule has 2 aromatic carbocycles. The van der Waals surface area contributed by atoms with Crippen molar-refractivity contribution in [3.05, 3.63) is 81.7 Å². The van der Waals surface area contributed by atoms with Gasteiger partial charge in [-0.15, -0.1) is 11.3 Å². The van der Waals surface area contributed by atoms with Crippen molar-refractivity contribution in [2.45, 2.75) is 32.2 Å². The summed E-state index contributed by atoms with van der Waals surface area (Å²) in [7, 11) is 3.89. The number of nitrogens with zero attached hydrogens (tertiary/aromatic N) is 1. The zero-order valence-electron chi connectivity index (χ0n) is 17.9. The summed E-state index contributed by atoms with van der Waals surface area (Å²) in [6.45, 7) is 0.461. The van der Waals surface area contributed by atoms with E-state index in [-0.39, 0.29) is 11.8 Å². The maximum Gasteiger partial charge on any atom is 0.256 e. The molecular formula is C25H27N3O2S. The summed E-state index contributed by atoms with van der Waals surface area (Å²) in [5, 5.41) is 6.72. The molecule has 1 aliphatic carbocycles. The number of aryl methyl sites for hydroxylation is 1. The van der Waals surface area contributed by atoms with Gasteiger partial charge in [-0.3, -0.25) is 9.59 Å². The number of anilines is 2. The molecule has 1 aromatic heterocycles. The van der Waals surface area contributed by atoms with Crippen molar-refractivity contribution in [2.75, 3.05) is 24.3 Å². The minimum Gasteiger partial charge on any atom is -0.378 e. The van der Waals surface area contributed by atoms with Gasteiger partial charge in [-0.05, 0) is 55.0 Å². The molecule has 0 saturated heterocycles. The van der Waals surface area contributed by atoms with Gasteiger partial charge < -0.3 is 15.5 Å². The van der Waals surface area contributed by atoms with Crippen LogP contribution in [0.1, 0.15) is 49.6 Å². The molecule has 3 aromatic rings. The van der Waals surface area contributed by atoms with E-state index in [9.17, 15) is 9.59 Å². The molecule has 0 saturated carbocycles. The summed E-state index contributed by atoms with van der Waals surface area (Å²) >= 11 is 1.54. The van der Waals surface area contributed by atoms with Crippen LogP contribution in [0, 0.1) is 0 Å². The fourth-order valence-corrected chi connectivity index (χ4v) is 5.14. The largest absolute Gasteiger partial charge is 0.378 e. The third-order valence-electron chi connectivity index (χ3n) is 5.55. The Morgan fingerprint density at radius 3 is 2.52 bits per heavy atom. The highest BCUT2D eigenvalue weighted by Gasteiger charge is 2.26. The average Bonchev–Trinajstić information content (AvgIpc) is 3.16. The first-order valence-electron chi connectivity index (χ1n) is 10.6. The lowest BCUT2D eigenvalue weighted by molar-refractivity contribution is 0.0951. The zero-order chi connectivity index (χ0) is 21.8. The highest BCUT2D eigenvalue weighted by atomic mass is 32.1. The lowest BCUT2D eigenvalue weighted by Crippen LogP contribution is -2.25. The van der Waals surface area contributed by atoms with Gasteiger partial charge in [0.25, 0.3) is 11.8 Å². The highest BCUT2D eigenvalue weighted by Crippen LogP contribution is 2.38. The fraction of sp³-hybridized carbons (Fsp3) is 0.280. The van der Waals surface area contributed by atoms with Gasteiger partial charge >= 0.3 is 0 Å². The number of thiophene rings is 1. The molecule has 4 rings (SSSR count). The Bertz CT molecular complexity index is 1090. The van der Waals surface area contributed by atoms with Gasteiger partial charge in [-0.25, -0.2) is 0 Å². The molecule has 0 fully saturated rings. The van der Waals surface area contributed by atoms with E-state index in [2.05, 4.69) is 10.6 Å². The van der Waals surface area contributed by atoms with Crippen LogP contribution in [0.25, 0.3) is 0 Å². The van der Waals surface area contributed by atoms with E-state index in [1.54, 1.807) is 17.4 Å². The van der Waals surface area contributed by atoms with Crippen LogP contribution in [0.4, 0.5) is 10.7 Å². The van der Waals surface area contributed by atoms with Gasteiger partial charge in [0.1, 0.15) is 5.00 Å². The average molecular weight is 434 g/mol. The predicted molar refractivity (Wildman–Crippen MR) is 127 cm³/mol. The Labute approximate surface area is 187 Å². The molecule has 6 heteroatoms. The van der Waals surface area contributed by atoms with Crippen molar-refractivity contribution >= 4 is 33.8 Å². The minimum absolute atomic E-state index is 0.124. The first kappa shape index (κ1) is 21.1. The number of fused-ring (bicyclic) bond motifs is 1. The van der Waals surface area contributed by atoms with Gasteiger partial charge in [0.05, 0.1) is 5.56 Å². The summed E-state index contributed by atoms with van der Waals surface area (Å²) in [5.41, 5.74) is 4.31. The van der Waals surface area contributed by atoms with Crippen molar-refractivity contribution in [3.63, 3.8) is 0 Å². The predicted octanol–water partition coefficient (Wildman–Crippen LogP) is 4.88. The second-order valence-electron chi connectivity index (χ2n) is 7.98. The number of hydrogen-bond acceptors (Lipinski definition) is 4. The first-order chi connectivity index (χ1) is 15.0. The maximum atomic E-state index is 13.2. The van der Waals surface area contributed by atoms with Crippen LogP contribution in [0.2, 0.25) is 0 Å². The molecule has 0 radical (unpaired) electrons. The zero-order valence-corrected chi connectivity index (χ0v) is 18.7. The Kier molecular flexibility index (Phi) is 6.37. The van der Waals surface area contributed by atoms with E-state index in [4.69, 9.17) is 0 Å². The monoisotopic (exact) mass is 433 g/mol. The fourth-order valence-electron chi connectivity index (χ4n) is 3.86. The van der Waals surface area contributed by atoms with Crippen LogP contribution in [0.15, 0.2) is 54.6 Å². The SMILES string of the molecule is CN(C)c1cccc(C(=O)Nc2sc3c(c2C(=O)NCc2ccccc2)CCCC3)c1. The number of hydrogen-bond donors (Lipinski definition) is 2. The summed E-state index contributed by atoms with van der Waals surface area (Å²) in [5.74, 6) is -0.319. The van der Waals surface area contributed by atoms with Crippen molar-refractivity contribution in [1.82, 2.24) is 5.32 Å². The molecule has 2 N–H and O–H groups in total. The molecule has 160 valence electrons. The lowest BCUT2D eigenvalue weighted by Gasteiger charge is -2.14. The number of rotatable bonds is 6. The van der Waals surface area contributed by atoms with Crippen LogP contribution >= 0.6 is 11.3 Å². The molecule has 1 aliphatic rings. The van der Waals surface area contributed by atoms with E-state index in [0.717, 1.165) is 42.5 Å². The van der Waals surface area contributed by atoms with Gasteiger partial charge in [0.15, 0.2) is 0 Å². The summed E-state index contributed by atoms with van der Waals surface area (Å²) in [4.78, 5) is 29.3. The van der Waals surface area contributed by atoms with Crippen molar-refractivity contribution in [3.8, 4) is 0 Å². The third kappa shape index (κ3) is 4.80. The third-order valence-corrected chi connectivity index (χ3v) is 6.75.